The van der Waals surface area contributed by atoms with Gasteiger partial charge in [-0.05, 0) is 100 Å². The smallest absolute Gasteiger partial charge is 0.468 e. The highest BCUT2D eigenvalue weighted by Gasteiger charge is 2.52. The van der Waals surface area contributed by atoms with Crippen molar-refractivity contribution in [2.24, 2.45) is 5.73 Å². The Hall–Kier alpha value is -3.42. The van der Waals surface area contributed by atoms with Crippen LogP contribution in [-0.4, -0.2) is 39.8 Å². The second kappa shape index (κ2) is 14.7. The van der Waals surface area contributed by atoms with Crippen molar-refractivity contribution in [3.05, 3.63) is 107 Å². The van der Waals surface area contributed by atoms with Crippen LogP contribution in [0.5, 0.6) is 0 Å². The Morgan fingerprint density at radius 2 is 1.50 bits per heavy atom. The van der Waals surface area contributed by atoms with Crippen molar-refractivity contribution in [1.82, 2.24) is 0 Å². The van der Waals surface area contributed by atoms with E-state index in [0.717, 1.165) is 40.9 Å². The molecule has 1 saturated heterocycles. The molecule has 2 N–H and O–H groups in total. The van der Waals surface area contributed by atoms with Gasteiger partial charge in [0.2, 0.25) is 0 Å². The van der Waals surface area contributed by atoms with Crippen LogP contribution in [0.4, 0.5) is 13.2 Å². The molecule has 2 aliphatic rings. The number of esters is 1. The second-order valence-electron chi connectivity index (χ2n) is 13.8. The number of rotatable bonds is 4. The molecule has 7 nitrogen and oxygen atoms in total. The van der Waals surface area contributed by atoms with E-state index in [4.69, 9.17) is 30.5 Å². The van der Waals surface area contributed by atoms with Gasteiger partial charge in [-0.25, -0.2) is 8.42 Å². The number of methoxy groups -OCH3 is 1. The lowest BCUT2D eigenvalue weighted by Crippen LogP contribution is -2.41. The molecule has 6 rings (SSSR count). The average molecular weight is 732 g/mol. The van der Waals surface area contributed by atoms with Gasteiger partial charge in [-0.3, -0.25) is 4.79 Å². The van der Waals surface area contributed by atoms with Crippen LogP contribution in [0.15, 0.2) is 89.8 Å². The van der Waals surface area contributed by atoms with Crippen molar-refractivity contribution in [1.29, 1.82) is 0 Å². The minimum absolute atomic E-state index is 0.164. The van der Waals surface area contributed by atoms with Crippen LogP contribution in [0.25, 0.3) is 10.8 Å². The van der Waals surface area contributed by atoms with Crippen molar-refractivity contribution in [3.63, 3.8) is 0 Å². The highest BCUT2D eigenvalue weighted by molar-refractivity contribution is 8.14. The molecule has 0 saturated carbocycles. The lowest BCUT2D eigenvalue weighted by Gasteiger charge is -2.32. The van der Waals surface area contributed by atoms with Gasteiger partial charge in [0.05, 0.1) is 34.2 Å². The van der Waals surface area contributed by atoms with Crippen LogP contribution in [0.1, 0.15) is 76.3 Å². The van der Waals surface area contributed by atoms with Gasteiger partial charge in [0.15, 0.2) is 0 Å². The number of benzene rings is 4. The molecular weight excluding hydrogens is 690 g/mol. The molecule has 50 heavy (non-hydrogen) atoms. The molecule has 1 unspecified atom stereocenters. The van der Waals surface area contributed by atoms with Gasteiger partial charge < -0.3 is 19.8 Å². The Labute approximate surface area is 296 Å². The van der Waals surface area contributed by atoms with E-state index in [0.29, 0.717) is 10.9 Å². The molecular formula is C37H42BClF3NO6S. The van der Waals surface area contributed by atoms with Gasteiger partial charge in [-0.15, -0.1) is 0 Å². The third kappa shape index (κ3) is 8.71. The number of hydrogen-bond donors (Lipinski definition) is 1. The summed E-state index contributed by atoms with van der Waals surface area (Å²) < 4.78 is 76.5. The Bertz CT molecular complexity index is 1950. The van der Waals surface area contributed by atoms with Crippen LogP contribution in [0.3, 0.4) is 0 Å². The fourth-order valence-electron chi connectivity index (χ4n) is 5.65. The maximum absolute atomic E-state index is 12.3. The summed E-state index contributed by atoms with van der Waals surface area (Å²) in [7, 11) is 2.63. The van der Waals surface area contributed by atoms with E-state index in [1.807, 2.05) is 84.0 Å². The fourth-order valence-corrected chi connectivity index (χ4v) is 6.74. The fraction of sp³-hybridized carbons (Fsp3) is 0.378. The third-order valence-electron chi connectivity index (χ3n) is 9.44. The van der Waals surface area contributed by atoms with Gasteiger partial charge in [-0.1, -0.05) is 66.7 Å². The average Bonchev–Trinajstić information content (AvgIpc) is 3.53. The van der Waals surface area contributed by atoms with Crippen molar-refractivity contribution in [2.45, 2.75) is 88.1 Å². The zero-order valence-corrected chi connectivity index (χ0v) is 30.7. The number of ether oxygens (including phenoxy) is 1. The number of halogens is 4. The quantitative estimate of drug-likeness (QED) is 0.130. The molecule has 13 heteroatoms. The van der Waals surface area contributed by atoms with Gasteiger partial charge in [0.25, 0.3) is 9.05 Å². The molecule has 0 spiro atoms. The number of nitrogens with two attached hydrogens (primary N) is 1. The molecule has 0 radical (unpaired) electrons. The first-order valence-electron chi connectivity index (χ1n) is 16.0. The summed E-state index contributed by atoms with van der Waals surface area (Å²) in [5.41, 5.74) is 7.00. The van der Waals surface area contributed by atoms with Crippen molar-refractivity contribution < 1.29 is 40.4 Å². The Balaban J connectivity index is 0.000000175. The van der Waals surface area contributed by atoms with Crippen LogP contribution in [-0.2, 0) is 45.9 Å². The highest BCUT2D eigenvalue weighted by atomic mass is 35.7. The third-order valence-corrected chi connectivity index (χ3v) is 10.8. The largest absolute Gasteiger partial charge is 0.494 e. The predicted molar refractivity (Wildman–Crippen MR) is 191 cm³/mol. The second-order valence-corrected chi connectivity index (χ2v) is 16.3. The summed E-state index contributed by atoms with van der Waals surface area (Å²) in [6.45, 7) is 11.8. The van der Waals surface area contributed by atoms with Crippen molar-refractivity contribution in [2.75, 3.05) is 7.11 Å². The molecule has 1 aliphatic heterocycles. The van der Waals surface area contributed by atoms with E-state index < -0.39 is 33.3 Å². The van der Waals surface area contributed by atoms with Crippen LogP contribution >= 0.6 is 10.7 Å². The number of hydrogen-bond acceptors (Lipinski definition) is 7. The van der Waals surface area contributed by atoms with Gasteiger partial charge in [-0.2, -0.15) is 13.2 Å². The summed E-state index contributed by atoms with van der Waals surface area (Å²) in [4.78, 5) is 12.2. The standard InChI is InChI=1S/C17H25BO4.C10H7ClO2S.C10H10F3N/c1-15(2,14(19)20-7)12-9-8-10-13(11-12)18-21-16(3,4)17(5,6)22-18;11-14(12,13)10-7-3-5-8-4-1-2-6-9(8)10;11-10(12,13)7-3-1-6-2-4-9(14)8(6)5-7/h8-11H,1-7H3;1-7H;1,3,5,9H,2,4,14H2. The molecule has 0 aromatic heterocycles. The van der Waals surface area contributed by atoms with Crippen LogP contribution in [0, 0.1) is 0 Å². The van der Waals surface area contributed by atoms with E-state index in [1.165, 1.54) is 25.3 Å². The Morgan fingerprint density at radius 3 is 2.10 bits per heavy atom. The first-order chi connectivity index (χ1) is 23.1. The molecule has 4 aromatic carbocycles. The Kier molecular flexibility index (Phi) is 11.6. The van der Waals surface area contributed by atoms with Crippen LogP contribution < -0.4 is 11.2 Å². The molecule has 1 heterocycles. The van der Waals surface area contributed by atoms with E-state index >= 15 is 0 Å². The SMILES string of the molecule is COC(=O)C(C)(C)c1cccc(B2OC(C)(C)C(C)(C)O2)c1.NC1CCc2ccc(C(F)(F)F)cc21.O=S(=O)(Cl)c1cccc2ccccc12. The summed E-state index contributed by atoms with van der Waals surface area (Å²) in [5.74, 6) is -0.265. The minimum atomic E-state index is -4.27. The maximum atomic E-state index is 12.3. The topological polar surface area (TPSA) is 105 Å². The summed E-state index contributed by atoms with van der Waals surface area (Å²) in [6.07, 6.45) is -2.73. The van der Waals surface area contributed by atoms with Gasteiger partial charge >= 0.3 is 19.3 Å². The number of carbonyl (C=O) groups is 1. The lowest BCUT2D eigenvalue weighted by molar-refractivity contribution is -0.146. The maximum Gasteiger partial charge on any atom is 0.494 e. The van der Waals surface area contributed by atoms with E-state index in [2.05, 4.69) is 0 Å². The van der Waals surface area contributed by atoms with Gasteiger partial charge in [0, 0.05) is 22.1 Å². The van der Waals surface area contributed by atoms with Crippen LogP contribution in [0.2, 0.25) is 0 Å². The first-order valence-corrected chi connectivity index (χ1v) is 18.3. The summed E-state index contributed by atoms with van der Waals surface area (Å²) in [5, 5.41) is 1.53. The Morgan fingerprint density at radius 1 is 0.900 bits per heavy atom. The molecule has 268 valence electrons. The molecule has 0 amide bonds. The highest BCUT2D eigenvalue weighted by Crippen LogP contribution is 2.37. The number of alkyl halides is 3. The molecule has 1 fully saturated rings. The lowest BCUT2D eigenvalue weighted by atomic mass is 9.75. The van der Waals surface area contributed by atoms with Crippen molar-refractivity contribution in [3.8, 4) is 0 Å². The summed E-state index contributed by atoms with van der Waals surface area (Å²) in [6, 6.07) is 23.6. The zero-order chi connectivity index (χ0) is 37.3. The number of carbonyl (C=O) groups excluding carboxylic acids is 1. The first kappa shape index (κ1) is 39.4. The molecule has 4 aromatic rings. The predicted octanol–water partition coefficient (Wildman–Crippen LogP) is 7.86. The van der Waals surface area contributed by atoms with E-state index in [9.17, 15) is 26.4 Å². The van der Waals surface area contributed by atoms with Crippen molar-refractivity contribution >= 4 is 49.1 Å². The number of fused-ring (bicyclic) bond motifs is 2. The minimum Gasteiger partial charge on any atom is -0.468 e. The van der Waals surface area contributed by atoms with Gasteiger partial charge in [0.1, 0.15) is 0 Å². The molecule has 0 bridgehead atoms. The van der Waals surface area contributed by atoms with E-state index in [-0.39, 0.29) is 28.1 Å². The monoisotopic (exact) mass is 731 g/mol. The molecule has 1 atom stereocenters. The summed E-state index contributed by atoms with van der Waals surface area (Å²) >= 11 is 0. The molecule has 1 aliphatic carbocycles. The zero-order valence-electron chi connectivity index (χ0n) is 29.1. The number of aryl methyl sites for hydroxylation is 1. The normalized spacial score (nSPS) is 18.0. The van der Waals surface area contributed by atoms with E-state index in [1.54, 1.807) is 18.2 Å².